The molecule has 120 valence electrons. The molecule has 0 bridgehead atoms. The summed E-state index contributed by atoms with van der Waals surface area (Å²) in [5, 5.41) is 9.39. The lowest BCUT2D eigenvalue weighted by molar-refractivity contribution is -0.140. The molecule has 2 unspecified atom stereocenters. The van der Waals surface area contributed by atoms with E-state index in [0.717, 1.165) is 0 Å². The number of amides is 2. The highest BCUT2D eigenvalue weighted by molar-refractivity contribution is 5.95. The summed E-state index contributed by atoms with van der Waals surface area (Å²) in [5.74, 6) is -0.549. The van der Waals surface area contributed by atoms with E-state index in [2.05, 4.69) is 4.98 Å². The fraction of sp³-hybridized carbons (Fsp3) is 0.533. The molecule has 0 radical (unpaired) electrons. The van der Waals surface area contributed by atoms with Crippen LogP contribution in [0.1, 0.15) is 20.8 Å². The molecule has 1 aliphatic rings. The molecule has 1 fully saturated rings. The number of carboxylic acids is 1. The molecule has 22 heavy (non-hydrogen) atoms. The predicted octanol–water partition coefficient (Wildman–Crippen LogP) is 1.71. The molecule has 2 heterocycles. The number of quaternary nitrogens is 1. The van der Waals surface area contributed by atoms with Gasteiger partial charge in [-0.3, -0.25) is 4.90 Å². The van der Waals surface area contributed by atoms with Crippen molar-refractivity contribution in [3.8, 4) is 5.88 Å². The minimum absolute atomic E-state index is 0.0859. The molecule has 1 N–H and O–H groups in total. The monoisotopic (exact) mass is 308 g/mol. The Balaban J connectivity index is 2.59. The Morgan fingerprint density at radius 3 is 2.45 bits per heavy atom. The first-order valence-corrected chi connectivity index (χ1v) is 7.04. The van der Waals surface area contributed by atoms with Crippen LogP contribution in [-0.2, 0) is 4.79 Å². The van der Waals surface area contributed by atoms with Gasteiger partial charge in [0.25, 0.3) is 0 Å². The molecule has 1 aromatic rings. The van der Waals surface area contributed by atoms with Crippen molar-refractivity contribution in [2.24, 2.45) is 0 Å². The fourth-order valence-electron chi connectivity index (χ4n) is 2.99. The van der Waals surface area contributed by atoms with E-state index in [1.807, 2.05) is 20.8 Å². The Kier molecular flexibility index (Phi) is 3.87. The number of nitrogens with zero attached hydrogens (tertiary/aromatic N) is 3. The van der Waals surface area contributed by atoms with Gasteiger partial charge in [-0.15, -0.1) is 0 Å². The van der Waals surface area contributed by atoms with Gasteiger partial charge in [0, 0.05) is 19.2 Å². The second-order valence-electron chi connectivity index (χ2n) is 6.47. The molecule has 2 rings (SSSR count). The van der Waals surface area contributed by atoms with Crippen molar-refractivity contribution in [3.63, 3.8) is 0 Å². The van der Waals surface area contributed by atoms with E-state index in [0.29, 0.717) is 11.6 Å². The standard InChI is InChI=1S/C15H21N3O4/c1-15(2,3)18(10-6-7-12(22-5)16-8-10)9-11(13(19)20)17(4)14(18)21/h6-8,11H,9H2,1-5H3/p+1. The summed E-state index contributed by atoms with van der Waals surface area (Å²) in [5.41, 5.74) is 0.153. The van der Waals surface area contributed by atoms with Crippen LogP contribution < -0.4 is 9.22 Å². The smallest absolute Gasteiger partial charge is 0.425 e. The normalized spacial score (nSPS) is 25.4. The van der Waals surface area contributed by atoms with Crippen molar-refractivity contribution in [2.75, 3.05) is 20.7 Å². The van der Waals surface area contributed by atoms with Gasteiger partial charge in [0.05, 0.1) is 13.3 Å². The number of ether oxygens (including phenoxy) is 1. The lowest BCUT2D eigenvalue weighted by atomic mass is 10.00. The summed E-state index contributed by atoms with van der Waals surface area (Å²) in [4.78, 5) is 29.9. The molecule has 1 saturated heterocycles. The van der Waals surface area contributed by atoms with Gasteiger partial charge in [0.15, 0.2) is 11.7 Å². The van der Waals surface area contributed by atoms with Crippen molar-refractivity contribution in [3.05, 3.63) is 18.3 Å². The topological polar surface area (TPSA) is 79.7 Å². The number of carbonyl (C=O) groups excluding carboxylic acids is 1. The first-order chi connectivity index (χ1) is 10.1. The van der Waals surface area contributed by atoms with E-state index < -0.39 is 17.6 Å². The molecule has 0 aromatic carbocycles. The molecule has 0 spiro atoms. The molecule has 7 nitrogen and oxygen atoms in total. The van der Waals surface area contributed by atoms with Crippen molar-refractivity contribution >= 4 is 17.7 Å². The molecular formula is C15H22N3O4+. The van der Waals surface area contributed by atoms with Crippen LogP contribution in [0.3, 0.4) is 0 Å². The maximum absolute atomic E-state index is 12.9. The summed E-state index contributed by atoms with van der Waals surface area (Å²) >= 11 is 0. The van der Waals surface area contributed by atoms with E-state index in [1.165, 1.54) is 19.1 Å². The average molecular weight is 308 g/mol. The molecule has 0 saturated carbocycles. The third kappa shape index (κ3) is 2.21. The average Bonchev–Trinajstić information content (AvgIpc) is 2.73. The summed E-state index contributed by atoms with van der Waals surface area (Å²) < 4.78 is 4.96. The third-order valence-corrected chi connectivity index (χ3v) is 4.34. The lowest BCUT2D eigenvalue weighted by Crippen LogP contribution is -2.63. The summed E-state index contributed by atoms with van der Waals surface area (Å²) in [7, 11) is 3.05. The second kappa shape index (κ2) is 5.24. The van der Waals surface area contributed by atoms with Crippen molar-refractivity contribution < 1.29 is 19.4 Å². The fourth-order valence-corrected chi connectivity index (χ4v) is 2.99. The van der Waals surface area contributed by atoms with Crippen LogP contribution in [0, 0.1) is 0 Å². The zero-order valence-electron chi connectivity index (χ0n) is 13.5. The van der Waals surface area contributed by atoms with Gasteiger partial charge in [0.1, 0.15) is 12.1 Å². The van der Waals surface area contributed by atoms with E-state index in [9.17, 15) is 14.7 Å². The number of hydrogen-bond donors (Lipinski definition) is 1. The summed E-state index contributed by atoms with van der Waals surface area (Å²) in [6.45, 7) is 5.94. The highest BCUT2D eigenvalue weighted by Gasteiger charge is 2.60. The van der Waals surface area contributed by atoms with Crippen LogP contribution in [0.4, 0.5) is 10.5 Å². The highest BCUT2D eigenvalue weighted by atomic mass is 16.5. The van der Waals surface area contributed by atoms with E-state index in [4.69, 9.17) is 4.74 Å². The number of carboxylic acid groups (broad SMARTS) is 1. The van der Waals surface area contributed by atoms with Gasteiger partial charge in [-0.1, -0.05) is 0 Å². The van der Waals surface area contributed by atoms with Gasteiger partial charge in [-0.05, 0) is 20.8 Å². The van der Waals surface area contributed by atoms with Crippen LogP contribution in [0.15, 0.2) is 18.3 Å². The number of likely N-dealkylation sites (N-methyl/N-ethyl adjacent to an activating group) is 1. The maximum atomic E-state index is 12.9. The Hall–Kier alpha value is -2.15. The van der Waals surface area contributed by atoms with Gasteiger partial charge in [0.2, 0.25) is 5.88 Å². The quantitative estimate of drug-likeness (QED) is 0.860. The zero-order valence-corrected chi connectivity index (χ0v) is 13.5. The summed E-state index contributed by atoms with van der Waals surface area (Å²) in [6, 6.07) is 2.36. The van der Waals surface area contributed by atoms with Gasteiger partial charge >= 0.3 is 12.0 Å². The summed E-state index contributed by atoms with van der Waals surface area (Å²) in [6.07, 6.45) is 1.58. The number of aliphatic carboxylic acids is 1. The Bertz CT molecular complexity index is 594. The molecular weight excluding hydrogens is 286 g/mol. The number of carbonyl (C=O) groups is 2. The molecule has 7 heteroatoms. The van der Waals surface area contributed by atoms with Crippen molar-refractivity contribution in [1.82, 2.24) is 14.4 Å². The largest absolute Gasteiger partial charge is 0.481 e. The molecule has 1 aliphatic heterocycles. The Morgan fingerprint density at radius 2 is 2.09 bits per heavy atom. The lowest BCUT2D eigenvalue weighted by Gasteiger charge is -2.41. The van der Waals surface area contributed by atoms with E-state index in [1.54, 1.807) is 18.3 Å². The van der Waals surface area contributed by atoms with Crippen LogP contribution in [0.25, 0.3) is 0 Å². The van der Waals surface area contributed by atoms with Gasteiger partial charge in [-0.2, -0.15) is 0 Å². The SMILES string of the molecule is COc1ccc([N+]2(C(C)(C)C)CC(C(=O)O)N(C)C2=O)cn1. The van der Waals surface area contributed by atoms with Gasteiger partial charge < -0.3 is 9.84 Å². The highest BCUT2D eigenvalue weighted by Crippen LogP contribution is 2.39. The molecule has 2 amide bonds. The third-order valence-electron chi connectivity index (χ3n) is 4.34. The number of urea groups is 1. The van der Waals surface area contributed by atoms with Gasteiger partial charge in [-0.25, -0.2) is 19.1 Å². The second-order valence-corrected chi connectivity index (χ2v) is 6.47. The minimum Gasteiger partial charge on any atom is -0.481 e. The van der Waals surface area contributed by atoms with Crippen LogP contribution >= 0.6 is 0 Å². The zero-order chi connectivity index (χ0) is 16.7. The van der Waals surface area contributed by atoms with E-state index >= 15 is 0 Å². The molecule has 1 aromatic heterocycles. The minimum atomic E-state index is -0.999. The predicted molar refractivity (Wildman–Crippen MR) is 81.8 cm³/mol. The maximum Gasteiger partial charge on any atom is 0.425 e. The first-order valence-electron chi connectivity index (χ1n) is 7.04. The molecule has 2 atom stereocenters. The van der Waals surface area contributed by atoms with E-state index in [-0.39, 0.29) is 17.1 Å². The molecule has 0 aliphatic carbocycles. The number of aromatic nitrogens is 1. The Labute approximate surface area is 129 Å². The number of rotatable bonds is 3. The van der Waals surface area contributed by atoms with Crippen LogP contribution in [0.2, 0.25) is 0 Å². The first kappa shape index (κ1) is 16.2. The number of hydrogen-bond acceptors (Lipinski definition) is 4. The number of pyridine rings is 1. The Morgan fingerprint density at radius 1 is 1.45 bits per heavy atom. The number of methoxy groups -OCH3 is 1. The van der Waals surface area contributed by atoms with Crippen molar-refractivity contribution in [2.45, 2.75) is 32.4 Å². The van der Waals surface area contributed by atoms with Crippen molar-refractivity contribution in [1.29, 1.82) is 0 Å². The van der Waals surface area contributed by atoms with Crippen LogP contribution in [0.5, 0.6) is 5.88 Å². The van der Waals surface area contributed by atoms with Crippen LogP contribution in [-0.4, -0.2) is 59.3 Å².